The van der Waals surface area contributed by atoms with Crippen molar-refractivity contribution in [3.63, 3.8) is 0 Å². The number of benzene rings is 1. The lowest BCUT2D eigenvalue weighted by molar-refractivity contribution is -0.138. The van der Waals surface area contributed by atoms with Crippen molar-refractivity contribution >= 4 is 12.1 Å². The number of carbonyl (C=O) groups is 2. The van der Waals surface area contributed by atoms with Crippen LogP contribution in [0.5, 0.6) is 0 Å². The van der Waals surface area contributed by atoms with E-state index in [9.17, 15) is 14.0 Å². The lowest BCUT2D eigenvalue weighted by atomic mass is 10.1. The largest absolute Gasteiger partial charge is 0.508 e. The third kappa shape index (κ3) is 7.12. The highest BCUT2D eigenvalue weighted by Gasteiger charge is 2.07. The van der Waals surface area contributed by atoms with Crippen LogP contribution < -0.4 is 0 Å². The molecule has 8 nitrogen and oxygen atoms in total. The first-order valence-electron chi connectivity index (χ1n) is 7.44. The first-order chi connectivity index (χ1) is 12.4. The third-order valence-corrected chi connectivity index (χ3v) is 2.83. The van der Waals surface area contributed by atoms with E-state index in [1.807, 2.05) is 0 Å². The normalized spacial score (nSPS) is 9.54. The number of esters is 1. The highest BCUT2D eigenvalue weighted by Crippen LogP contribution is 2.19. The molecule has 2 aromatic rings. The quantitative estimate of drug-likeness (QED) is 0.452. The number of nitrogens with zero attached hydrogens (tertiary/aromatic N) is 2. The van der Waals surface area contributed by atoms with Crippen molar-refractivity contribution in [1.29, 1.82) is 0 Å². The van der Waals surface area contributed by atoms with Crippen LogP contribution in [0.4, 0.5) is 9.18 Å². The maximum absolute atomic E-state index is 13.2. The van der Waals surface area contributed by atoms with Crippen LogP contribution in [0, 0.1) is 19.7 Å². The minimum Gasteiger partial charge on any atom is -0.459 e. The van der Waals surface area contributed by atoms with Gasteiger partial charge in [0, 0.05) is 11.6 Å². The first kappa shape index (κ1) is 20.8. The van der Waals surface area contributed by atoms with Crippen molar-refractivity contribution in [2.75, 3.05) is 20.3 Å². The van der Waals surface area contributed by atoms with Crippen LogP contribution in [0.25, 0.3) is 11.5 Å². The lowest BCUT2D eigenvalue weighted by Gasteiger charge is -2.02. The average molecular weight is 366 g/mol. The Labute approximate surface area is 149 Å². The molecule has 0 aliphatic carbocycles. The number of carbonyl (C=O) groups excluding carboxylic acids is 2. The molecule has 0 atom stereocenters. The van der Waals surface area contributed by atoms with Crippen LogP contribution in [0.3, 0.4) is 0 Å². The number of hydrogen-bond acceptors (Lipinski definition) is 8. The molecule has 0 saturated carbocycles. The maximum Gasteiger partial charge on any atom is 0.508 e. The summed E-state index contributed by atoms with van der Waals surface area (Å²) < 4.78 is 31.2. The fourth-order valence-corrected chi connectivity index (χ4v) is 1.53. The molecule has 1 heterocycles. The average Bonchev–Trinajstić information content (AvgIpc) is 3.07. The number of halogens is 1. The van der Waals surface area contributed by atoms with Gasteiger partial charge in [-0.25, -0.2) is 14.0 Å². The lowest BCUT2D eigenvalue weighted by Crippen LogP contribution is -2.12. The monoisotopic (exact) mass is 366 g/mol. The number of methoxy groups -OCH3 is 1. The zero-order chi connectivity index (χ0) is 19.5. The van der Waals surface area contributed by atoms with E-state index in [2.05, 4.69) is 30.9 Å². The fourth-order valence-electron chi connectivity index (χ4n) is 1.53. The summed E-state index contributed by atoms with van der Waals surface area (Å²) in [6.45, 7) is 6.59. The van der Waals surface area contributed by atoms with Crippen molar-refractivity contribution in [3.05, 3.63) is 48.1 Å². The van der Waals surface area contributed by atoms with Crippen molar-refractivity contribution in [3.8, 4) is 11.5 Å². The Morgan fingerprint density at radius 2 is 1.96 bits per heavy atom. The Morgan fingerprint density at radius 3 is 2.50 bits per heavy atom. The van der Waals surface area contributed by atoms with Crippen molar-refractivity contribution in [2.45, 2.75) is 13.8 Å². The second-order valence-corrected chi connectivity index (χ2v) is 4.78. The zero-order valence-electron chi connectivity index (χ0n) is 14.7. The SMILES string of the molecule is C=CC(=O)OCCOC(=O)OC.Cc1noc(-c2ccc(C)c(F)c2)n1. The predicted octanol–water partition coefficient (Wildman–Crippen LogP) is 2.99. The Balaban J connectivity index is 0.000000265. The molecule has 0 aliphatic rings. The molecule has 0 unspecified atom stereocenters. The summed E-state index contributed by atoms with van der Waals surface area (Å²) in [6.07, 6.45) is 0.225. The summed E-state index contributed by atoms with van der Waals surface area (Å²) in [4.78, 5) is 24.7. The fraction of sp³-hybridized carbons (Fsp3) is 0.294. The number of ether oxygens (including phenoxy) is 3. The van der Waals surface area contributed by atoms with Gasteiger partial charge < -0.3 is 18.7 Å². The van der Waals surface area contributed by atoms with Crippen LogP contribution >= 0.6 is 0 Å². The Kier molecular flexibility index (Phi) is 8.48. The van der Waals surface area contributed by atoms with Gasteiger partial charge >= 0.3 is 12.1 Å². The molecule has 1 aromatic carbocycles. The van der Waals surface area contributed by atoms with E-state index in [4.69, 9.17) is 4.52 Å². The van der Waals surface area contributed by atoms with Gasteiger partial charge in [-0.1, -0.05) is 17.8 Å². The van der Waals surface area contributed by atoms with E-state index < -0.39 is 12.1 Å². The minimum atomic E-state index is -0.801. The smallest absolute Gasteiger partial charge is 0.459 e. The number of rotatable bonds is 5. The van der Waals surface area contributed by atoms with Crippen molar-refractivity contribution in [1.82, 2.24) is 10.1 Å². The molecule has 0 aliphatic heterocycles. The molecular weight excluding hydrogens is 347 g/mol. The van der Waals surface area contributed by atoms with E-state index in [1.54, 1.807) is 26.0 Å². The molecule has 0 amide bonds. The molecule has 140 valence electrons. The number of aryl methyl sites for hydroxylation is 2. The zero-order valence-corrected chi connectivity index (χ0v) is 14.7. The highest BCUT2D eigenvalue weighted by molar-refractivity contribution is 5.81. The Hall–Kier alpha value is -3.23. The van der Waals surface area contributed by atoms with E-state index in [1.165, 1.54) is 13.2 Å². The first-order valence-corrected chi connectivity index (χ1v) is 7.44. The summed E-state index contributed by atoms with van der Waals surface area (Å²) in [5.41, 5.74) is 1.21. The maximum atomic E-state index is 13.2. The number of hydrogen-bond donors (Lipinski definition) is 0. The van der Waals surface area contributed by atoms with E-state index >= 15 is 0 Å². The topological polar surface area (TPSA) is 101 Å². The predicted molar refractivity (Wildman–Crippen MR) is 88.7 cm³/mol. The summed E-state index contributed by atoms with van der Waals surface area (Å²) in [7, 11) is 1.19. The van der Waals surface area contributed by atoms with Gasteiger partial charge in [0.2, 0.25) is 0 Å². The summed E-state index contributed by atoms with van der Waals surface area (Å²) in [5, 5.41) is 3.64. The van der Waals surface area contributed by atoms with Gasteiger partial charge in [0.15, 0.2) is 5.82 Å². The van der Waals surface area contributed by atoms with Crippen molar-refractivity contribution < 1.29 is 32.7 Å². The second kappa shape index (κ2) is 10.6. The van der Waals surface area contributed by atoms with Crippen LogP contribution in [0.15, 0.2) is 35.4 Å². The second-order valence-electron chi connectivity index (χ2n) is 4.78. The van der Waals surface area contributed by atoms with Gasteiger partial charge in [-0.3, -0.25) is 0 Å². The minimum absolute atomic E-state index is 0.0000463. The van der Waals surface area contributed by atoms with E-state index in [0.717, 1.165) is 6.08 Å². The summed E-state index contributed by atoms with van der Waals surface area (Å²) in [5.74, 6) is 0.0733. The molecular formula is C17H19FN2O6. The molecule has 26 heavy (non-hydrogen) atoms. The van der Waals surface area contributed by atoms with Gasteiger partial charge in [0.1, 0.15) is 19.0 Å². The molecule has 1 aromatic heterocycles. The van der Waals surface area contributed by atoms with E-state index in [0.29, 0.717) is 22.8 Å². The summed E-state index contributed by atoms with van der Waals surface area (Å²) >= 11 is 0. The molecule has 0 fully saturated rings. The van der Waals surface area contributed by atoms with Gasteiger partial charge in [-0.15, -0.1) is 0 Å². The van der Waals surface area contributed by atoms with Gasteiger partial charge in [0.25, 0.3) is 5.89 Å². The molecule has 2 rings (SSSR count). The van der Waals surface area contributed by atoms with Crippen LogP contribution in [0.2, 0.25) is 0 Å². The summed E-state index contributed by atoms with van der Waals surface area (Å²) in [6, 6.07) is 4.83. The van der Waals surface area contributed by atoms with Crippen LogP contribution in [-0.4, -0.2) is 42.6 Å². The van der Waals surface area contributed by atoms with Gasteiger partial charge in [-0.05, 0) is 31.5 Å². The van der Waals surface area contributed by atoms with Crippen LogP contribution in [-0.2, 0) is 19.0 Å². The highest BCUT2D eigenvalue weighted by atomic mass is 19.1. The molecule has 9 heteroatoms. The van der Waals surface area contributed by atoms with Gasteiger partial charge in [-0.2, -0.15) is 4.98 Å². The van der Waals surface area contributed by atoms with E-state index in [-0.39, 0.29) is 19.0 Å². The molecule has 0 saturated heterocycles. The van der Waals surface area contributed by atoms with Crippen LogP contribution in [0.1, 0.15) is 11.4 Å². The molecule has 0 N–H and O–H groups in total. The third-order valence-electron chi connectivity index (χ3n) is 2.83. The molecule has 0 bridgehead atoms. The molecule has 0 radical (unpaired) electrons. The Bertz CT molecular complexity index is 759. The molecule has 0 spiro atoms. The van der Waals surface area contributed by atoms with Crippen molar-refractivity contribution in [2.24, 2.45) is 0 Å². The number of aromatic nitrogens is 2. The van der Waals surface area contributed by atoms with Gasteiger partial charge in [0.05, 0.1) is 7.11 Å². The Morgan fingerprint density at radius 1 is 1.27 bits per heavy atom. The standard InChI is InChI=1S/C10H9FN2O.C7H10O5/c1-6-3-4-8(5-9(6)11)10-12-7(2)13-14-10;1-3-6(8)11-4-5-12-7(9)10-2/h3-5H,1-2H3;3H,1,4-5H2,2H3.